The Morgan fingerprint density at radius 2 is 1.87 bits per heavy atom. The van der Waals surface area contributed by atoms with Crippen molar-refractivity contribution in [3.05, 3.63) is 59.4 Å². The molecule has 1 saturated heterocycles. The lowest BCUT2D eigenvalue weighted by molar-refractivity contribution is -0.130. The second kappa shape index (κ2) is 5.39. The van der Waals surface area contributed by atoms with Crippen LogP contribution < -0.4 is 5.32 Å². The van der Waals surface area contributed by atoms with Crippen LogP contribution in [0.25, 0.3) is 0 Å². The van der Waals surface area contributed by atoms with E-state index >= 15 is 0 Å². The van der Waals surface area contributed by atoms with Crippen molar-refractivity contribution in [2.75, 3.05) is 6.54 Å². The zero-order valence-electron chi connectivity index (χ0n) is 12.9. The molecule has 1 unspecified atom stereocenters. The molecule has 23 heavy (non-hydrogen) atoms. The predicted molar refractivity (Wildman–Crippen MR) is 83.9 cm³/mol. The molecule has 1 fully saturated rings. The number of nitrogens with zero attached hydrogens (tertiary/aromatic N) is 1. The average molecular weight is 311 g/mol. The summed E-state index contributed by atoms with van der Waals surface area (Å²) in [6, 6.07) is 10.1. The van der Waals surface area contributed by atoms with Crippen LogP contribution in [0.15, 0.2) is 42.6 Å². The molecule has 2 aromatic rings. The van der Waals surface area contributed by atoms with Crippen LogP contribution >= 0.6 is 0 Å². The molecule has 118 valence electrons. The molecule has 1 aromatic heterocycles. The molecule has 0 saturated carbocycles. The second-order valence-electron chi connectivity index (χ2n) is 5.82. The third-order valence-corrected chi connectivity index (χ3v) is 4.10. The SMILES string of the molecule is Cc1ccc(C2(C)NC(=O)N(CC(=O)c3ccc[nH]3)C2=O)cc1. The van der Waals surface area contributed by atoms with Crippen LogP contribution in [0.4, 0.5) is 4.79 Å². The number of hydrogen-bond acceptors (Lipinski definition) is 3. The van der Waals surface area contributed by atoms with E-state index in [0.717, 1.165) is 10.5 Å². The van der Waals surface area contributed by atoms with Gasteiger partial charge in [-0.3, -0.25) is 14.5 Å². The Balaban J connectivity index is 1.85. The lowest BCUT2D eigenvalue weighted by atomic mass is 9.91. The lowest BCUT2D eigenvalue weighted by Crippen LogP contribution is -2.41. The maximum atomic E-state index is 12.7. The van der Waals surface area contributed by atoms with Crippen molar-refractivity contribution in [2.24, 2.45) is 0 Å². The van der Waals surface area contributed by atoms with Gasteiger partial charge in [0.25, 0.3) is 5.91 Å². The summed E-state index contributed by atoms with van der Waals surface area (Å²) in [6.45, 7) is 3.31. The van der Waals surface area contributed by atoms with Gasteiger partial charge in [0, 0.05) is 6.20 Å². The molecule has 1 aliphatic rings. The number of Topliss-reactive ketones (excluding diaryl/α,β-unsaturated/α-hetero) is 1. The Hall–Kier alpha value is -2.89. The second-order valence-corrected chi connectivity index (χ2v) is 5.82. The third-order valence-electron chi connectivity index (χ3n) is 4.10. The summed E-state index contributed by atoms with van der Waals surface area (Å²) in [7, 11) is 0. The molecule has 2 N–H and O–H groups in total. The van der Waals surface area contributed by atoms with Crippen molar-refractivity contribution < 1.29 is 14.4 Å². The molecule has 0 aliphatic carbocycles. The molecular weight excluding hydrogens is 294 g/mol. The first-order valence-electron chi connectivity index (χ1n) is 7.29. The summed E-state index contributed by atoms with van der Waals surface area (Å²) in [5.41, 5.74) is 0.972. The number of aryl methyl sites for hydroxylation is 1. The highest BCUT2D eigenvalue weighted by atomic mass is 16.2. The van der Waals surface area contributed by atoms with Gasteiger partial charge in [-0.25, -0.2) is 4.79 Å². The zero-order valence-corrected chi connectivity index (χ0v) is 12.9. The summed E-state index contributed by atoms with van der Waals surface area (Å²) in [5.74, 6) is -0.738. The highest BCUT2D eigenvalue weighted by molar-refractivity contribution is 6.10. The van der Waals surface area contributed by atoms with Gasteiger partial charge in [-0.05, 0) is 31.5 Å². The van der Waals surface area contributed by atoms with Crippen LogP contribution in [0, 0.1) is 6.92 Å². The number of carbonyl (C=O) groups excluding carboxylic acids is 3. The largest absolute Gasteiger partial charge is 0.359 e. The van der Waals surface area contributed by atoms with E-state index in [1.54, 1.807) is 25.3 Å². The maximum absolute atomic E-state index is 12.7. The highest BCUT2D eigenvalue weighted by Crippen LogP contribution is 2.29. The van der Waals surface area contributed by atoms with E-state index in [1.165, 1.54) is 0 Å². The van der Waals surface area contributed by atoms with Crippen molar-refractivity contribution in [1.82, 2.24) is 15.2 Å². The fourth-order valence-corrected chi connectivity index (χ4v) is 2.66. The van der Waals surface area contributed by atoms with E-state index in [2.05, 4.69) is 10.3 Å². The lowest BCUT2D eigenvalue weighted by Gasteiger charge is -2.22. The summed E-state index contributed by atoms with van der Waals surface area (Å²) in [5, 5.41) is 2.69. The molecule has 1 atom stereocenters. The normalized spacial score (nSPS) is 20.7. The van der Waals surface area contributed by atoms with Gasteiger partial charge in [-0.1, -0.05) is 29.8 Å². The molecule has 0 spiro atoms. The molecule has 0 bridgehead atoms. The number of aromatic amines is 1. The van der Waals surface area contributed by atoms with Crippen LogP contribution in [-0.4, -0.2) is 34.2 Å². The first-order chi connectivity index (χ1) is 10.9. The van der Waals surface area contributed by atoms with Crippen LogP contribution in [0.2, 0.25) is 0 Å². The average Bonchev–Trinajstić information content (AvgIpc) is 3.12. The smallest absolute Gasteiger partial charge is 0.325 e. The maximum Gasteiger partial charge on any atom is 0.325 e. The summed E-state index contributed by atoms with van der Waals surface area (Å²) in [6.07, 6.45) is 1.62. The molecular formula is C17H17N3O3. The first kappa shape index (κ1) is 15.0. The number of carbonyl (C=O) groups is 3. The van der Waals surface area contributed by atoms with Crippen molar-refractivity contribution in [2.45, 2.75) is 19.4 Å². The number of amides is 3. The monoisotopic (exact) mass is 311 g/mol. The third kappa shape index (κ3) is 2.52. The van der Waals surface area contributed by atoms with E-state index in [9.17, 15) is 14.4 Å². The minimum atomic E-state index is -1.15. The highest BCUT2D eigenvalue weighted by Gasteiger charge is 2.49. The van der Waals surface area contributed by atoms with Crippen LogP contribution in [-0.2, 0) is 10.3 Å². The number of benzene rings is 1. The van der Waals surface area contributed by atoms with Gasteiger partial charge in [-0.15, -0.1) is 0 Å². The quantitative estimate of drug-likeness (QED) is 0.669. The number of hydrogen-bond donors (Lipinski definition) is 2. The Labute approximate surface area is 133 Å². The Kier molecular flexibility index (Phi) is 3.52. The number of H-pyrrole nitrogens is 1. The van der Waals surface area contributed by atoms with Gasteiger partial charge in [-0.2, -0.15) is 0 Å². The van der Waals surface area contributed by atoms with Crippen molar-refractivity contribution in [3.63, 3.8) is 0 Å². The van der Waals surface area contributed by atoms with Crippen LogP contribution in [0.5, 0.6) is 0 Å². The van der Waals surface area contributed by atoms with Gasteiger partial charge in [0.2, 0.25) is 0 Å². The van der Waals surface area contributed by atoms with Gasteiger partial charge in [0.15, 0.2) is 5.78 Å². The predicted octanol–water partition coefficient (Wildman–Crippen LogP) is 1.97. The molecule has 0 radical (unpaired) electrons. The first-order valence-corrected chi connectivity index (χ1v) is 7.29. The summed E-state index contributed by atoms with van der Waals surface area (Å²) < 4.78 is 0. The fraction of sp³-hybridized carbons (Fsp3) is 0.235. The van der Waals surface area contributed by atoms with E-state index in [1.807, 2.05) is 31.2 Å². The van der Waals surface area contributed by atoms with Crippen molar-refractivity contribution >= 4 is 17.7 Å². The minimum Gasteiger partial charge on any atom is -0.359 e. The Morgan fingerprint density at radius 1 is 1.17 bits per heavy atom. The minimum absolute atomic E-state index is 0.285. The summed E-state index contributed by atoms with van der Waals surface area (Å²) >= 11 is 0. The number of imide groups is 1. The number of aromatic nitrogens is 1. The van der Waals surface area contributed by atoms with E-state index < -0.39 is 17.5 Å². The van der Waals surface area contributed by atoms with E-state index in [-0.39, 0.29) is 12.3 Å². The van der Waals surface area contributed by atoms with Gasteiger partial charge in [0.1, 0.15) is 5.54 Å². The Morgan fingerprint density at radius 3 is 2.48 bits per heavy atom. The summed E-state index contributed by atoms with van der Waals surface area (Å²) in [4.78, 5) is 40.8. The number of rotatable bonds is 4. The van der Waals surface area contributed by atoms with E-state index in [0.29, 0.717) is 11.3 Å². The van der Waals surface area contributed by atoms with Crippen molar-refractivity contribution in [1.29, 1.82) is 0 Å². The molecule has 6 heteroatoms. The molecule has 3 amide bonds. The molecule has 3 rings (SSSR count). The number of urea groups is 1. The van der Waals surface area contributed by atoms with Gasteiger partial charge in [0.05, 0.1) is 12.2 Å². The van der Waals surface area contributed by atoms with Gasteiger partial charge < -0.3 is 10.3 Å². The number of nitrogens with one attached hydrogen (secondary N) is 2. The van der Waals surface area contributed by atoms with E-state index in [4.69, 9.17) is 0 Å². The molecule has 1 aliphatic heterocycles. The number of ketones is 1. The zero-order chi connectivity index (χ0) is 16.6. The van der Waals surface area contributed by atoms with Crippen molar-refractivity contribution in [3.8, 4) is 0 Å². The molecule has 1 aromatic carbocycles. The van der Waals surface area contributed by atoms with Gasteiger partial charge >= 0.3 is 6.03 Å². The standard InChI is InChI=1S/C17H17N3O3/c1-11-5-7-12(8-6-11)17(2)15(22)20(16(23)19-17)10-14(21)13-4-3-9-18-13/h3-9,18H,10H2,1-2H3,(H,19,23). The van der Waals surface area contributed by atoms with Crippen LogP contribution in [0.1, 0.15) is 28.5 Å². The molecule has 6 nitrogen and oxygen atoms in total. The van der Waals surface area contributed by atoms with Crippen LogP contribution in [0.3, 0.4) is 0 Å². The fourth-order valence-electron chi connectivity index (χ4n) is 2.66. The topological polar surface area (TPSA) is 82.3 Å². The molecule has 2 heterocycles. The Bertz CT molecular complexity index is 765.